The quantitative estimate of drug-likeness (QED) is 0.749. The predicted octanol–water partition coefficient (Wildman–Crippen LogP) is 1.13. The van der Waals surface area contributed by atoms with E-state index in [2.05, 4.69) is 5.92 Å². The number of carbonyl (C=O) groups excluding carboxylic acids is 1. The standard InChI is InChI=1S/C15H15NO2/c1-2-10-7-14(18)16(9-10)15-12-6-4-3-5-11(12)8-13(15)17/h1,3-6,10,13,15,17H,7-9H2/t10?,13-,15+/m0/s1. The predicted molar refractivity (Wildman–Crippen MR) is 67.5 cm³/mol. The summed E-state index contributed by atoms with van der Waals surface area (Å²) in [6.45, 7) is 0.561. The van der Waals surface area contributed by atoms with Crippen LogP contribution in [0.25, 0.3) is 0 Å². The lowest BCUT2D eigenvalue weighted by Crippen LogP contribution is -2.35. The molecular formula is C15H15NO2. The number of benzene rings is 1. The molecule has 2 aliphatic rings. The van der Waals surface area contributed by atoms with Crippen LogP contribution in [0.15, 0.2) is 24.3 Å². The van der Waals surface area contributed by atoms with Crippen LogP contribution in [-0.2, 0) is 11.2 Å². The van der Waals surface area contributed by atoms with E-state index < -0.39 is 6.10 Å². The van der Waals surface area contributed by atoms with Gasteiger partial charge in [-0.05, 0) is 11.1 Å². The van der Waals surface area contributed by atoms with Gasteiger partial charge in [0.25, 0.3) is 0 Å². The minimum absolute atomic E-state index is 0.0162. The van der Waals surface area contributed by atoms with Gasteiger partial charge in [0.15, 0.2) is 0 Å². The van der Waals surface area contributed by atoms with E-state index in [1.54, 1.807) is 4.90 Å². The van der Waals surface area contributed by atoms with E-state index >= 15 is 0 Å². The van der Waals surface area contributed by atoms with Gasteiger partial charge >= 0.3 is 0 Å². The summed E-state index contributed by atoms with van der Waals surface area (Å²) in [5.74, 6) is 2.68. The summed E-state index contributed by atoms with van der Waals surface area (Å²) in [6.07, 6.45) is 5.90. The second kappa shape index (κ2) is 4.15. The molecule has 1 aromatic carbocycles. The summed E-state index contributed by atoms with van der Waals surface area (Å²) in [4.78, 5) is 13.8. The van der Waals surface area contributed by atoms with Crippen molar-refractivity contribution in [2.75, 3.05) is 6.54 Å². The zero-order valence-corrected chi connectivity index (χ0v) is 10.0. The first-order valence-electron chi connectivity index (χ1n) is 6.22. The topological polar surface area (TPSA) is 40.5 Å². The molecule has 0 spiro atoms. The Kier molecular flexibility index (Phi) is 2.61. The number of rotatable bonds is 1. The number of hydrogen-bond acceptors (Lipinski definition) is 2. The van der Waals surface area contributed by atoms with Crippen LogP contribution in [0.1, 0.15) is 23.6 Å². The van der Waals surface area contributed by atoms with Crippen LogP contribution < -0.4 is 0 Å². The van der Waals surface area contributed by atoms with Crippen molar-refractivity contribution in [2.24, 2.45) is 5.92 Å². The molecule has 3 rings (SSSR count). The third-order valence-electron chi connectivity index (χ3n) is 3.90. The minimum Gasteiger partial charge on any atom is -0.390 e. The van der Waals surface area contributed by atoms with Gasteiger partial charge in [-0.15, -0.1) is 12.3 Å². The Morgan fingerprint density at radius 1 is 1.33 bits per heavy atom. The monoisotopic (exact) mass is 241 g/mol. The molecule has 3 atom stereocenters. The first-order valence-corrected chi connectivity index (χ1v) is 6.22. The molecule has 1 fully saturated rings. The van der Waals surface area contributed by atoms with E-state index in [1.807, 2.05) is 24.3 Å². The highest BCUT2D eigenvalue weighted by molar-refractivity contribution is 5.80. The lowest BCUT2D eigenvalue weighted by molar-refractivity contribution is -0.131. The van der Waals surface area contributed by atoms with E-state index in [0.717, 1.165) is 11.1 Å². The Morgan fingerprint density at radius 3 is 2.83 bits per heavy atom. The van der Waals surface area contributed by atoms with Crippen LogP contribution >= 0.6 is 0 Å². The van der Waals surface area contributed by atoms with Gasteiger partial charge in [0.05, 0.1) is 12.1 Å². The zero-order chi connectivity index (χ0) is 12.7. The highest BCUT2D eigenvalue weighted by Crippen LogP contribution is 2.38. The molecule has 0 radical (unpaired) electrons. The fourth-order valence-corrected chi connectivity index (χ4v) is 3.04. The summed E-state index contributed by atoms with van der Waals surface area (Å²) in [6, 6.07) is 7.70. The normalized spacial score (nSPS) is 30.3. The maximum atomic E-state index is 12.0. The Hall–Kier alpha value is -1.79. The van der Waals surface area contributed by atoms with Gasteiger partial charge in [-0.25, -0.2) is 0 Å². The van der Waals surface area contributed by atoms with Crippen molar-refractivity contribution in [3.8, 4) is 12.3 Å². The van der Waals surface area contributed by atoms with Gasteiger partial charge in [-0.3, -0.25) is 4.79 Å². The zero-order valence-electron chi connectivity index (χ0n) is 10.0. The first-order chi connectivity index (χ1) is 8.70. The Balaban J connectivity index is 1.94. The Bertz CT molecular complexity index is 532. The molecule has 0 bridgehead atoms. The minimum atomic E-state index is -0.511. The molecular weight excluding hydrogens is 226 g/mol. The molecule has 1 heterocycles. The summed E-state index contributed by atoms with van der Waals surface area (Å²) >= 11 is 0. The summed E-state index contributed by atoms with van der Waals surface area (Å²) < 4.78 is 0. The first kappa shape index (κ1) is 11.3. The van der Waals surface area contributed by atoms with Crippen LogP contribution in [-0.4, -0.2) is 28.6 Å². The highest BCUT2D eigenvalue weighted by Gasteiger charge is 2.41. The molecule has 3 heteroatoms. The molecule has 92 valence electrons. The number of amides is 1. The molecule has 1 aromatic rings. The van der Waals surface area contributed by atoms with Crippen molar-refractivity contribution in [3.05, 3.63) is 35.4 Å². The fourth-order valence-electron chi connectivity index (χ4n) is 3.04. The van der Waals surface area contributed by atoms with Crippen molar-refractivity contribution in [3.63, 3.8) is 0 Å². The molecule has 3 nitrogen and oxygen atoms in total. The maximum Gasteiger partial charge on any atom is 0.224 e. The number of carbonyl (C=O) groups is 1. The summed E-state index contributed by atoms with van der Waals surface area (Å²) in [5.41, 5.74) is 2.20. The number of aliphatic hydroxyl groups excluding tert-OH is 1. The van der Waals surface area contributed by atoms with Crippen LogP contribution in [0.4, 0.5) is 0 Å². The van der Waals surface area contributed by atoms with Crippen LogP contribution in [0, 0.1) is 18.3 Å². The number of fused-ring (bicyclic) bond motifs is 1. The van der Waals surface area contributed by atoms with Gasteiger partial charge in [0.1, 0.15) is 0 Å². The lowest BCUT2D eigenvalue weighted by atomic mass is 10.1. The van der Waals surface area contributed by atoms with Gasteiger partial charge in [-0.1, -0.05) is 24.3 Å². The molecule has 1 saturated heterocycles. The van der Waals surface area contributed by atoms with E-state index in [9.17, 15) is 9.90 Å². The second-order valence-corrected chi connectivity index (χ2v) is 5.03. The van der Waals surface area contributed by atoms with E-state index in [-0.39, 0.29) is 17.9 Å². The van der Waals surface area contributed by atoms with E-state index in [1.165, 1.54) is 0 Å². The number of likely N-dealkylation sites (tertiary alicyclic amines) is 1. The summed E-state index contributed by atoms with van der Waals surface area (Å²) in [5, 5.41) is 10.2. The second-order valence-electron chi connectivity index (χ2n) is 5.03. The molecule has 1 amide bonds. The van der Waals surface area contributed by atoms with Gasteiger partial charge < -0.3 is 10.0 Å². The third-order valence-corrected chi connectivity index (χ3v) is 3.90. The molecule has 0 saturated carbocycles. The Labute approximate surface area is 106 Å². The largest absolute Gasteiger partial charge is 0.390 e. The van der Waals surface area contributed by atoms with Crippen molar-refractivity contribution in [1.29, 1.82) is 0 Å². The van der Waals surface area contributed by atoms with E-state index in [4.69, 9.17) is 6.42 Å². The van der Waals surface area contributed by atoms with Gasteiger partial charge in [0.2, 0.25) is 5.91 Å². The number of nitrogens with zero attached hydrogens (tertiary/aromatic N) is 1. The molecule has 0 aromatic heterocycles. The molecule has 1 unspecified atom stereocenters. The SMILES string of the molecule is C#CC1CC(=O)N([C@@H]2c3ccccc3C[C@@H]2O)C1. The number of aliphatic hydroxyl groups is 1. The number of terminal acetylenes is 1. The average Bonchev–Trinajstić information content (AvgIpc) is 2.88. The average molecular weight is 241 g/mol. The van der Waals surface area contributed by atoms with E-state index in [0.29, 0.717) is 19.4 Å². The van der Waals surface area contributed by atoms with Crippen LogP contribution in [0.5, 0.6) is 0 Å². The van der Waals surface area contributed by atoms with Crippen LogP contribution in [0.2, 0.25) is 0 Å². The van der Waals surface area contributed by atoms with Crippen molar-refractivity contribution in [2.45, 2.75) is 25.0 Å². The smallest absolute Gasteiger partial charge is 0.224 e. The molecule has 1 N–H and O–H groups in total. The summed E-state index contributed by atoms with van der Waals surface area (Å²) in [7, 11) is 0. The van der Waals surface area contributed by atoms with Gasteiger partial charge in [0, 0.05) is 25.3 Å². The van der Waals surface area contributed by atoms with Gasteiger partial charge in [-0.2, -0.15) is 0 Å². The highest BCUT2D eigenvalue weighted by atomic mass is 16.3. The van der Waals surface area contributed by atoms with Crippen molar-refractivity contribution >= 4 is 5.91 Å². The maximum absolute atomic E-state index is 12.0. The lowest BCUT2D eigenvalue weighted by Gasteiger charge is -2.27. The van der Waals surface area contributed by atoms with Crippen LogP contribution in [0.3, 0.4) is 0 Å². The number of hydrogen-bond donors (Lipinski definition) is 1. The molecule has 1 aliphatic heterocycles. The van der Waals surface area contributed by atoms with Crippen molar-refractivity contribution in [1.82, 2.24) is 4.90 Å². The Morgan fingerprint density at radius 2 is 2.11 bits per heavy atom. The fraction of sp³-hybridized carbons (Fsp3) is 0.400. The third kappa shape index (κ3) is 1.61. The molecule has 18 heavy (non-hydrogen) atoms. The van der Waals surface area contributed by atoms with Crippen molar-refractivity contribution < 1.29 is 9.90 Å². The molecule has 1 aliphatic carbocycles.